The van der Waals surface area contributed by atoms with Crippen LogP contribution in [0.3, 0.4) is 0 Å². The van der Waals surface area contributed by atoms with Crippen molar-refractivity contribution in [3.05, 3.63) is 71.8 Å². The van der Waals surface area contributed by atoms with E-state index in [0.717, 1.165) is 24.0 Å². The van der Waals surface area contributed by atoms with Crippen LogP contribution in [-0.4, -0.2) is 134 Å². The molecule has 19 heteroatoms. The molecule has 2 aromatic rings. The highest BCUT2D eigenvalue weighted by Gasteiger charge is 2.43. The second-order valence-corrected chi connectivity index (χ2v) is 20.5. The summed E-state index contributed by atoms with van der Waals surface area (Å²) in [6.07, 6.45) is 3.27. The summed E-state index contributed by atoms with van der Waals surface area (Å²) in [5.41, 5.74) is 0.640. The van der Waals surface area contributed by atoms with Crippen molar-refractivity contribution in [2.45, 2.75) is 149 Å². The number of halogens is 2. The smallest absolute Gasteiger partial charge is 0.246 e. The Morgan fingerprint density at radius 3 is 1.50 bits per heavy atom. The summed E-state index contributed by atoms with van der Waals surface area (Å²) in [7, 11) is 3.38. The van der Waals surface area contributed by atoms with E-state index in [1.165, 1.54) is 0 Å². The lowest BCUT2D eigenvalue weighted by molar-refractivity contribution is -0.144. The summed E-state index contributed by atoms with van der Waals surface area (Å²) >= 11 is 0. The Hall–Kier alpha value is -4.81. The van der Waals surface area contributed by atoms with Gasteiger partial charge in [-0.2, -0.15) is 0 Å². The van der Waals surface area contributed by atoms with E-state index in [2.05, 4.69) is 42.5 Å². The van der Waals surface area contributed by atoms with E-state index in [9.17, 15) is 33.6 Å². The van der Waals surface area contributed by atoms with E-state index in [-0.39, 0.29) is 97.6 Å². The minimum atomic E-state index is -0.846. The predicted molar refractivity (Wildman–Crippen MR) is 278 cm³/mol. The number of nitrogens with zero attached hydrogens (tertiary/aromatic N) is 2. The van der Waals surface area contributed by atoms with Crippen LogP contribution in [0.4, 0.5) is 0 Å². The van der Waals surface area contributed by atoms with Crippen LogP contribution in [0, 0.1) is 10.8 Å². The fraction of sp³-hybridized carbons (Fsp3) is 0.627. The molecule has 17 nitrogen and oxygen atoms in total. The van der Waals surface area contributed by atoms with Gasteiger partial charge < -0.3 is 52.3 Å². The third-order valence-electron chi connectivity index (χ3n) is 13.1. The second-order valence-electron chi connectivity index (χ2n) is 20.5. The molecule has 2 aliphatic heterocycles. The molecular weight excluding hydrogens is 936 g/mol. The van der Waals surface area contributed by atoms with Gasteiger partial charge in [0, 0.05) is 57.6 Å². The molecule has 392 valence electrons. The average molecular weight is 1020 g/mol. The maximum Gasteiger partial charge on any atom is 0.246 e. The Kier molecular flexibility index (Phi) is 25.3. The number of likely N-dealkylation sites (N-methyl/N-ethyl adjacent to an activating group) is 2. The second kappa shape index (κ2) is 28.9. The maximum absolute atomic E-state index is 14.0. The SMILES string of the molecule is CN[C@@H](C)C(=O)N[C@H](C(=O)N1CCCC1CN[C@H](CNC(=O)CCCC(=O)NC[C@@H](NC(=O)C1CCCN1C(=O)[C@@H](NC(=O)[C@H](C)NC)C(C)(C)C)c1ccccc1)c1ccccc1)C(C)(C)C.Cl.Cl. The van der Waals surface area contributed by atoms with Crippen LogP contribution in [0.2, 0.25) is 0 Å². The molecule has 2 aromatic carbocycles. The molecule has 2 aliphatic rings. The first-order valence-electron chi connectivity index (χ1n) is 24.4. The quantitative estimate of drug-likeness (QED) is 0.0807. The van der Waals surface area contributed by atoms with Crippen molar-refractivity contribution in [3.8, 4) is 0 Å². The summed E-state index contributed by atoms with van der Waals surface area (Å²) in [5.74, 6) is -1.77. The molecule has 8 atom stereocenters. The van der Waals surface area contributed by atoms with E-state index >= 15 is 0 Å². The number of amides is 7. The van der Waals surface area contributed by atoms with Crippen LogP contribution in [0.1, 0.15) is 124 Å². The molecule has 0 spiro atoms. The molecule has 0 bridgehead atoms. The fourth-order valence-corrected chi connectivity index (χ4v) is 8.56. The standard InChI is InChI=1S/C51H80N10O7.2ClH/c1-33(52-9)45(64)58-43(50(3,4)5)48(67)60-28-18-24-37(60)30-54-38(35-20-13-11-14-21-35)31-55-41(62)26-17-27-42(63)56-32-39(36-22-15-12-16-23-36)57-47(66)40-25-19-29-61(40)49(68)44(51(6,7)8)59-46(65)34(2)53-10;;/h11-16,20-23,33-34,37-40,43-44,52-54H,17-19,24-32H2,1-10H3,(H,55,62)(H,56,63)(H,57,66)(H,58,64)(H,59,65);2*1H/t33-,34-,37?,38+,39+,40?,43+,44+;;/m0../s1. The van der Waals surface area contributed by atoms with Gasteiger partial charge in [-0.05, 0) is 82.0 Å². The Bertz CT molecular complexity index is 2000. The molecule has 0 radical (unpaired) electrons. The van der Waals surface area contributed by atoms with Gasteiger partial charge in [0.1, 0.15) is 18.1 Å². The molecule has 0 aromatic heterocycles. The lowest BCUT2D eigenvalue weighted by Crippen LogP contribution is -2.59. The van der Waals surface area contributed by atoms with Gasteiger partial charge in [-0.25, -0.2) is 0 Å². The number of rotatable bonds is 23. The zero-order chi connectivity index (χ0) is 50.2. The Morgan fingerprint density at radius 2 is 1.03 bits per heavy atom. The van der Waals surface area contributed by atoms with Crippen molar-refractivity contribution < 1.29 is 33.6 Å². The van der Waals surface area contributed by atoms with Gasteiger partial charge >= 0.3 is 0 Å². The van der Waals surface area contributed by atoms with Crippen molar-refractivity contribution in [3.63, 3.8) is 0 Å². The topological polar surface area (TPSA) is 222 Å². The summed E-state index contributed by atoms with van der Waals surface area (Å²) in [6, 6.07) is 14.9. The highest BCUT2D eigenvalue weighted by Crippen LogP contribution is 2.28. The highest BCUT2D eigenvalue weighted by molar-refractivity contribution is 5.94. The van der Waals surface area contributed by atoms with Gasteiger partial charge in [0.2, 0.25) is 41.4 Å². The van der Waals surface area contributed by atoms with E-state index in [0.29, 0.717) is 45.4 Å². The minimum Gasteiger partial charge on any atom is -0.354 e. The van der Waals surface area contributed by atoms with Gasteiger partial charge in [0.25, 0.3) is 0 Å². The van der Waals surface area contributed by atoms with Crippen molar-refractivity contribution >= 4 is 66.2 Å². The van der Waals surface area contributed by atoms with Crippen LogP contribution < -0.4 is 42.5 Å². The summed E-state index contributed by atoms with van der Waals surface area (Å²) in [6.45, 7) is 16.8. The first-order chi connectivity index (χ1) is 32.2. The molecule has 70 heavy (non-hydrogen) atoms. The van der Waals surface area contributed by atoms with E-state index < -0.39 is 47.1 Å². The Balaban J connectivity index is 0.00000840. The molecule has 8 N–H and O–H groups in total. The van der Waals surface area contributed by atoms with Gasteiger partial charge in [0.15, 0.2) is 0 Å². The number of hydrogen-bond acceptors (Lipinski definition) is 10. The predicted octanol–water partition coefficient (Wildman–Crippen LogP) is 3.68. The molecular formula is C51H82Cl2N10O7. The van der Waals surface area contributed by atoms with Gasteiger partial charge in [-0.1, -0.05) is 102 Å². The Labute approximate surface area is 428 Å². The summed E-state index contributed by atoms with van der Waals surface area (Å²) in [4.78, 5) is 97.5. The van der Waals surface area contributed by atoms with Crippen LogP contribution in [-0.2, 0) is 33.6 Å². The van der Waals surface area contributed by atoms with Crippen molar-refractivity contribution in [2.75, 3.05) is 46.8 Å². The molecule has 4 rings (SSSR count). The van der Waals surface area contributed by atoms with Gasteiger partial charge in [-0.15, -0.1) is 24.8 Å². The van der Waals surface area contributed by atoms with Crippen LogP contribution in [0.25, 0.3) is 0 Å². The number of hydrogen-bond donors (Lipinski definition) is 8. The van der Waals surface area contributed by atoms with Crippen LogP contribution >= 0.6 is 24.8 Å². The number of benzene rings is 2. The van der Waals surface area contributed by atoms with Crippen molar-refractivity contribution in [1.29, 1.82) is 0 Å². The molecule has 7 amide bonds. The first-order valence-corrected chi connectivity index (χ1v) is 24.4. The summed E-state index contributed by atoms with van der Waals surface area (Å²) < 4.78 is 0. The van der Waals surface area contributed by atoms with Crippen LogP contribution in [0.15, 0.2) is 60.7 Å². The molecule has 2 saturated heterocycles. The largest absolute Gasteiger partial charge is 0.354 e. The number of carbonyl (C=O) groups excluding carboxylic acids is 7. The molecule has 2 fully saturated rings. The zero-order valence-electron chi connectivity index (χ0n) is 42.9. The first kappa shape index (κ1) is 61.3. The van der Waals surface area contributed by atoms with Gasteiger partial charge in [-0.3, -0.25) is 33.6 Å². The third kappa shape index (κ3) is 18.1. The van der Waals surface area contributed by atoms with E-state index in [1.54, 1.807) is 32.8 Å². The molecule has 2 unspecified atom stereocenters. The van der Waals surface area contributed by atoms with Crippen molar-refractivity contribution in [1.82, 2.24) is 52.3 Å². The maximum atomic E-state index is 14.0. The number of nitrogens with one attached hydrogen (secondary N) is 8. The number of likely N-dealkylation sites (tertiary alicyclic amines) is 2. The minimum absolute atomic E-state index is 0. The fourth-order valence-electron chi connectivity index (χ4n) is 8.56. The lowest BCUT2D eigenvalue weighted by Gasteiger charge is -2.36. The van der Waals surface area contributed by atoms with E-state index in [4.69, 9.17) is 0 Å². The van der Waals surface area contributed by atoms with Gasteiger partial charge in [0.05, 0.1) is 18.1 Å². The molecule has 0 saturated carbocycles. The lowest BCUT2D eigenvalue weighted by atomic mass is 9.85. The average Bonchev–Trinajstić information content (AvgIpc) is 4.01. The molecule has 2 heterocycles. The normalized spacial score (nSPS) is 18.4. The monoisotopic (exact) mass is 1020 g/mol. The van der Waals surface area contributed by atoms with Crippen molar-refractivity contribution in [2.24, 2.45) is 10.8 Å². The Morgan fingerprint density at radius 1 is 0.600 bits per heavy atom. The zero-order valence-corrected chi connectivity index (χ0v) is 44.6. The van der Waals surface area contributed by atoms with E-state index in [1.807, 2.05) is 107 Å². The molecule has 0 aliphatic carbocycles. The summed E-state index contributed by atoms with van der Waals surface area (Å²) in [5, 5.41) is 24.4. The number of carbonyl (C=O) groups is 7. The highest BCUT2D eigenvalue weighted by atomic mass is 35.5. The third-order valence-corrected chi connectivity index (χ3v) is 13.1. The van der Waals surface area contributed by atoms with Crippen LogP contribution in [0.5, 0.6) is 0 Å².